The average molecular weight is 343 g/mol. The Kier molecular flexibility index (Phi) is 4.21. The number of rotatable bonds is 3. The number of nitrogen functional groups attached to an aromatic ring is 1. The van der Waals surface area contributed by atoms with Crippen LogP contribution >= 0.6 is 27.7 Å². The third kappa shape index (κ3) is 2.96. The lowest BCUT2D eigenvalue weighted by molar-refractivity contribution is 0.591. The second-order valence-corrected chi connectivity index (χ2v) is 5.56. The van der Waals surface area contributed by atoms with Crippen molar-refractivity contribution in [2.24, 2.45) is 5.73 Å². The molecule has 19 heavy (non-hydrogen) atoms. The lowest BCUT2D eigenvalue weighted by atomic mass is 10.2. The molecule has 0 spiro atoms. The number of hydrogen-bond donors (Lipinski definition) is 2. The summed E-state index contributed by atoms with van der Waals surface area (Å²) in [7, 11) is 0. The molecule has 0 bridgehead atoms. The second kappa shape index (κ2) is 5.71. The van der Waals surface area contributed by atoms with Crippen LogP contribution in [0.15, 0.2) is 50.7 Å². The first-order valence-corrected chi connectivity index (χ1v) is 6.86. The zero-order valence-corrected chi connectivity index (χ0v) is 12.0. The van der Waals surface area contributed by atoms with Gasteiger partial charge in [-0.15, -0.1) is 0 Å². The molecule has 0 aromatic heterocycles. The van der Waals surface area contributed by atoms with Crippen molar-refractivity contribution < 1.29 is 8.78 Å². The summed E-state index contributed by atoms with van der Waals surface area (Å²) in [6, 6.07) is 9.16. The molecule has 0 fully saturated rings. The minimum atomic E-state index is -0.555. The second-order valence-electron chi connectivity index (χ2n) is 3.69. The largest absolute Gasteiger partial charge is 0.384 e. The van der Waals surface area contributed by atoms with Crippen LogP contribution in [0.2, 0.25) is 0 Å². The zero-order chi connectivity index (χ0) is 14.0. The summed E-state index contributed by atoms with van der Waals surface area (Å²) in [5, 5.41) is 7.31. The summed E-state index contributed by atoms with van der Waals surface area (Å²) in [4.78, 5) is 0.603. The number of halogens is 3. The quantitative estimate of drug-likeness (QED) is 0.649. The number of amidine groups is 1. The molecular weight excluding hydrogens is 334 g/mol. The molecule has 0 atom stereocenters. The Balaban J connectivity index is 2.40. The van der Waals surface area contributed by atoms with Gasteiger partial charge in [-0.25, -0.2) is 8.78 Å². The highest BCUT2D eigenvalue weighted by Gasteiger charge is 2.15. The number of nitrogens with two attached hydrogens (primary N) is 1. The number of hydrogen-bond acceptors (Lipinski definition) is 2. The molecular formula is C13H9BrF2N2S. The van der Waals surface area contributed by atoms with Crippen LogP contribution in [0, 0.1) is 17.0 Å². The summed E-state index contributed by atoms with van der Waals surface area (Å²) in [5.41, 5.74) is 5.60. The van der Waals surface area contributed by atoms with Crippen LogP contribution in [0.25, 0.3) is 0 Å². The summed E-state index contributed by atoms with van der Waals surface area (Å²) in [6.07, 6.45) is 0. The van der Waals surface area contributed by atoms with Gasteiger partial charge in [-0.3, -0.25) is 5.41 Å². The molecule has 2 aromatic carbocycles. The lowest BCUT2D eigenvalue weighted by Gasteiger charge is -2.08. The Bertz CT molecular complexity index is 647. The highest BCUT2D eigenvalue weighted by Crippen LogP contribution is 2.35. The van der Waals surface area contributed by atoms with Gasteiger partial charge in [0.25, 0.3) is 0 Å². The van der Waals surface area contributed by atoms with E-state index in [4.69, 9.17) is 11.1 Å². The Morgan fingerprint density at radius 2 is 1.79 bits per heavy atom. The van der Waals surface area contributed by atoms with Gasteiger partial charge in [0.1, 0.15) is 11.7 Å². The van der Waals surface area contributed by atoms with E-state index in [1.807, 2.05) is 0 Å². The van der Waals surface area contributed by atoms with E-state index in [0.29, 0.717) is 4.90 Å². The van der Waals surface area contributed by atoms with Crippen molar-refractivity contribution in [2.75, 3.05) is 0 Å². The normalized spacial score (nSPS) is 10.5. The van der Waals surface area contributed by atoms with Gasteiger partial charge >= 0.3 is 0 Å². The van der Waals surface area contributed by atoms with Crippen LogP contribution in [0.1, 0.15) is 5.56 Å². The minimum Gasteiger partial charge on any atom is -0.384 e. The molecule has 2 nitrogen and oxygen atoms in total. The van der Waals surface area contributed by atoms with Crippen molar-refractivity contribution in [3.05, 3.63) is 58.1 Å². The van der Waals surface area contributed by atoms with E-state index in [1.165, 1.54) is 18.2 Å². The molecule has 0 unspecified atom stereocenters. The van der Waals surface area contributed by atoms with Gasteiger partial charge in [0, 0.05) is 15.4 Å². The standard InChI is InChI=1S/C13H9BrF2N2S/c14-11-7(13(17)18)5-6-10(12(11)16)19-9-4-2-1-3-8(9)15/h1-6H,(H3,17,18). The smallest absolute Gasteiger partial charge is 0.152 e. The first-order chi connectivity index (χ1) is 9.00. The fourth-order valence-corrected chi connectivity index (χ4v) is 3.03. The monoisotopic (exact) mass is 342 g/mol. The highest BCUT2D eigenvalue weighted by molar-refractivity contribution is 9.10. The van der Waals surface area contributed by atoms with Gasteiger partial charge in [-0.1, -0.05) is 23.9 Å². The fourth-order valence-electron chi connectivity index (χ4n) is 1.46. The van der Waals surface area contributed by atoms with Crippen LogP contribution in [0.4, 0.5) is 8.78 Å². The first kappa shape index (κ1) is 14.0. The molecule has 0 aliphatic heterocycles. The SMILES string of the molecule is N=C(N)c1ccc(Sc2ccccc2F)c(F)c1Br. The summed E-state index contributed by atoms with van der Waals surface area (Å²) in [6.45, 7) is 0. The Labute approximate surface area is 121 Å². The van der Waals surface area contributed by atoms with Gasteiger partial charge in [0.05, 0.1) is 4.47 Å². The van der Waals surface area contributed by atoms with Crippen molar-refractivity contribution in [3.63, 3.8) is 0 Å². The maximum Gasteiger partial charge on any atom is 0.152 e. The summed E-state index contributed by atoms with van der Waals surface area (Å²) in [5.74, 6) is -1.19. The molecule has 0 saturated heterocycles. The van der Waals surface area contributed by atoms with Gasteiger partial charge < -0.3 is 5.73 Å². The molecule has 6 heteroatoms. The first-order valence-electron chi connectivity index (χ1n) is 5.25. The van der Waals surface area contributed by atoms with Crippen molar-refractivity contribution in [1.29, 1.82) is 5.41 Å². The van der Waals surface area contributed by atoms with E-state index in [0.717, 1.165) is 11.8 Å². The van der Waals surface area contributed by atoms with E-state index in [-0.39, 0.29) is 20.8 Å². The van der Waals surface area contributed by atoms with Crippen molar-refractivity contribution >= 4 is 33.5 Å². The molecule has 98 valence electrons. The summed E-state index contributed by atoms with van der Waals surface area (Å²) < 4.78 is 27.7. The minimum absolute atomic E-state index is 0.112. The van der Waals surface area contributed by atoms with Crippen LogP contribution in [0.5, 0.6) is 0 Å². The Hall–Kier alpha value is -1.40. The third-order valence-corrected chi connectivity index (χ3v) is 4.26. The molecule has 2 rings (SSSR count). The maximum absolute atomic E-state index is 14.1. The average Bonchev–Trinajstić information content (AvgIpc) is 2.37. The maximum atomic E-state index is 14.1. The molecule has 0 radical (unpaired) electrons. The third-order valence-electron chi connectivity index (χ3n) is 2.39. The molecule has 0 heterocycles. The molecule has 0 saturated carbocycles. The van der Waals surface area contributed by atoms with Crippen molar-refractivity contribution in [2.45, 2.75) is 9.79 Å². The van der Waals surface area contributed by atoms with Gasteiger partial charge in [0.2, 0.25) is 0 Å². The molecule has 2 aromatic rings. The van der Waals surface area contributed by atoms with E-state index < -0.39 is 11.6 Å². The highest BCUT2D eigenvalue weighted by atomic mass is 79.9. The Morgan fingerprint density at radius 1 is 1.11 bits per heavy atom. The molecule has 0 aliphatic rings. The van der Waals surface area contributed by atoms with Gasteiger partial charge in [-0.05, 0) is 40.2 Å². The number of benzene rings is 2. The van der Waals surface area contributed by atoms with Crippen LogP contribution in [-0.4, -0.2) is 5.84 Å². The fraction of sp³-hybridized carbons (Fsp3) is 0. The predicted molar refractivity (Wildman–Crippen MR) is 75.6 cm³/mol. The van der Waals surface area contributed by atoms with Crippen LogP contribution in [0.3, 0.4) is 0 Å². The Morgan fingerprint density at radius 3 is 2.42 bits per heavy atom. The molecule has 0 amide bonds. The number of nitrogens with one attached hydrogen (secondary N) is 1. The lowest BCUT2D eigenvalue weighted by Crippen LogP contribution is -2.12. The van der Waals surface area contributed by atoms with E-state index in [2.05, 4.69) is 15.9 Å². The predicted octanol–water partition coefficient (Wildman–Crippen LogP) is 4.16. The van der Waals surface area contributed by atoms with E-state index in [1.54, 1.807) is 18.2 Å². The van der Waals surface area contributed by atoms with Gasteiger partial charge in [-0.2, -0.15) is 0 Å². The topological polar surface area (TPSA) is 49.9 Å². The van der Waals surface area contributed by atoms with E-state index in [9.17, 15) is 8.78 Å². The molecule has 0 aliphatic carbocycles. The van der Waals surface area contributed by atoms with E-state index >= 15 is 0 Å². The van der Waals surface area contributed by atoms with Crippen molar-refractivity contribution in [3.8, 4) is 0 Å². The zero-order valence-electron chi connectivity index (χ0n) is 9.58. The van der Waals surface area contributed by atoms with Crippen LogP contribution in [-0.2, 0) is 0 Å². The molecule has 3 N–H and O–H groups in total. The summed E-state index contributed by atoms with van der Waals surface area (Å²) >= 11 is 4.04. The van der Waals surface area contributed by atoms with Crippen LogP contribution < -0.4 is 5.73 Å². The van der Waals surface area contributed by atoms with Gasteiger partial charge in [0.15, 0.2) is 5.82 Å². The van der Waals surface area contributed by atoms with Crippen molar-refractivity contribution in [1.82, 2.24) is 0 Å².